The van der Waals surface area contributed by atoms with Gasteiger partial charge in [-0.25, -0.2) is 4.98 Å². The normalized spacial score (nSPS) is 16.7. The molecule has 1 aromatic heterocycles. The number of nitrogens with zero attached hydrogens (tertiary/aromatic N) is 1. The highest BCUT2D eigenvalue weighted by molar-refractivity contribution is 7.09. The quantitative estimate of drug-likeness (QED) is 0.873. The van der Waals surface area contributed by atoms with Crippen LogP contribution >= 0.6 is 36.2 Å². The third kappa shape index (κ3) is 4.86. The fourth-order valence-corrected chi connectivity index (χ4v) is 2.65. The maximum Gasteiger partial charge on any atom is 0.240 e. The van der Waals surface area contributed by atoms with Gasteiger partial charge in [0, 0.05) is 18.6 Å². The zero-order valence-corrected chi connectivity index (χ0v) is 13.8. The van der Waals surface area contributed by atoms with Crippen LogP contribution < -0.4 is 11.1 Å². The number of carbonyl (C=O) groups is 1. The topological polar surface area (TPSA) is 77.2 Å². The van der Waals surface area contributed by atoms with Gasteiger partial charge >= 0.3 is 0 Å². The molecule has 1 fully saturated rings. The number of rotatable bonds is 4. The van der Waals surface area contributed by atoms with Crippen molar-refractivity contribution >= 4 is 42.1 Å². The Bertz CT molecular complexity index is 423. The first-order chi connectivity index (χ1) is 8.64. The molecule has 0 aromatic carbocycles. The molecule has 5 nitrogen and oxygen atoms in total. The maximum atomic E-state index is 12.1. The Labute approximate surface area is 135 Å². The molecule has 0 saturated carbocycles. The molecule has 8 heteroatoms. The molecular weight excluding hydrogens is 321 g/mol. The van der Waals surface area contributed by atoms with E-state index >= 15 is 0 Å². The van der Waals surface area contributed by atoms with Crippen molar-refractivity contribution < 1.29 is 9.53 Å². The van der Waals surface area contributed by atoms with Gasteiger partial charge in [0.1, 0.15) is 0 Å². The molecule has 1 amide bonds. The average molecular weight is 342 g/mol. The predicted molar refractivity (Wildman–Crippen MR) is 84.8 cm³/mol. The Balaban J connectivity index is 0.00000180. The minimum absolute atomic E-state index is 0. The molecule has 0 bridgehead atoms. The van der Waals surface area contributed by atoms with Crippen LogP contribution in [0.25, 0.3) is 0 Å². The van der Waals surface area contributed by atoms with E-state index in [1.165, 1.54) is 0 Å². The first-order valence-electron chi connectivity index (χ1n) is 6.22. The molecule has 1 aromatic rings. The van der Waals surface area contributed by atoms with Crippen LogP contribution in [0, 0.1) is 0 Å². The smallest absolute Gasteiger partial charge is 0.240 e. The Morgan fingerprint density at radius 1 is 1.50 bits per heavy atom. The van der Waals surface area contributed by atoms with Gasteiger partial charge in [-0.05, 0) is 19.3 Å². The van der Waals surface area contributed by atoms with E-state index in [1.54, 1.807) is 11.3 Å². The first kappa shape index (κ1) is 19.6. The van der Waals surface area contributed by atoms with Gasteiger partial charge in [-0.2, -0.15) is 0 Å². The Hall–Kier alpha value is -0.400. The molecule has 2 rings (SSSR count). The molecular formula is C12H21Cl2N3O2S. The van der Waals surface area contributed by atoms with Crippen LogP contribution in [0.2, 0.25) is 0 Å². The minimum Gasteiger partial charge on any atom is -0.381 e. The number of amides is 1. The van der Waals surface area contributed by atoms with E-state index in [1.807, 2.05) is 5.38 Å². The Kier molecular flexibility index (Phi) is 8.62. The summed E-state index contributed by atoms with van der Waals surface area (Å²) in [6, 6.07) is 0. The zero-order chi connectivity index (χ0) is 13.0. The number of aromatic nitrogens is 1. The minimum atomic E-state index is -0.776. The van der Waals surface area contributed by atoms with E-state index in [0.717, 1.165) is 17.1 Å². The van der Waals surface area contributed by atoms with Crippen molar-refractivity contribution in [2.24, 2.45) is 5.73 Å². The van der Waals surface area contributed by atoms with E-state index in [2.05, 4.69) is 17.2 Å². The van der Waals surface area contributed by atoms with Gasteiger partial charge in [-0.3, -0.25) is 4.79 Å². The number of thiazole rings is 1. The van der Waals surface area contributed by atoms with E-state index in [-0.39, 0.29) is 30.7 Å². The summed E-state index contributed by atoms with van der Waals surface area (Å²) in [5, 5.41) is 5.94. The summed E-state index contributed by atoms with van der Waals surface area (Å²) in [5.41, 5.74) is 6.22. The Morgan fingerprint density at radius 3 is 2.70 bits per heavy atom. The number of ether oxygens (including phenoxy) is 1. The van der Waals surface area contributed by atoms with Crippen molar-refractivity contribution in [1.82, 2.24) is 10.3 Å². The highest BCUT2D eigenvalue weighted by atomic mass is 35.5. The van der Waals surface area contributed by atoms with Gasteiger partial charge in [-0.1, -0.05) is 6.92 Å². The zero-order valence-electron chi connectivity index (χ0n) is 11.4. The summed E-state index contributed by atoms with van der Waals surface area (Å²) in [6.45, 7) is 3.63. The van der Waals surface area contributed by atoms with Gasteiger partial charge in [0.2, 0.25) is 5.91 Å². The van der Waals surface area contributed by atoms with Crippen molar-refractivity contribution in [3.63, 3.8) is 0 Å². The number of carbonyl (C=O) groups excluding carboxylic acids is 1. The van der Waals surface area contributed by atoms with Crippen LogP contribution in [0.4, 0.5) is 0 Å². The SMILES string of the molecule is CCc1nc(CNC(=O)C2(N)CCOCC2)cs1.Cl.Cl. The third-order valence-corrected chi connectivity index (χ3v) is 4.21. The van der Waals surface area contributed by atoms with E-state index < -0.39 is 5.54 Å². The van der Waals surface area contributed by atoms with Crippen molar-refractivity contribution in [3.8, 4) is 0 Å². The van der Waals surface area contributed by atoms with Crippen LogP contribution in [0.1, 0.15) is 30.5 Å². The molecule has 1 aliphatic heterocycles. The molecule has 0 aliphatic carbocycles. The van der Waals surface area contributed by atoms with Crippen molar-refractivity contribution in [2.45, 2.75) is 38.3 Å². The van der Waals surface area contributed by atoms with Crippen LogP contribution in [0.15, 0.2) is 5.38 Å². The second kappa shape index (κ2) is 8.79. The van der Waals surface area contributed by atoms with Gasteiger partial charge < -0.3 is 15.8 Å². The fourth-order valence-electron chi connectivity index (χ4n) is 1.90. The number of nitrogens with one attached hydrogen (secondary N) is 1. The predicted octanol–water partition coefficient (Wildman–Crippen LogP) is 1.67. The van der Waals surface area contributed by atoms with Gasteiger partial charge in [0.15, 0.2) is 0 Å². The van der Waals surface area contributed by atoms with Crippen molar-refractivity contribution in [3.05, 3.63) is 16.1 Å². The fraction of sp³-hybridized carbons (Fsp3) is 0.667. The summed E-state index contributed by atoms with van der Waals surface area (Å²) >= 11 is 1.62. The Morgan fingerprint density at radius 2 is 2.15 bits per heavy atom. The van der Waals surface area contributed by atoms with Crippen LogP contribution in [0.5, 0.6) is 0 Å². The summed E-state index contributed by atoms with van der Waals surface area (Å²) in [6.07, 6.45) is 2.09. The highest BCUT2D eigenvalue weighted by Gasteiger charge is 2.35. The molecule has 1 aliphatic rings. The van der Waals surface area contributed by atoms with Crippen LogP contribution in [-0.2, 0) is 22.5 Å². The molecule has 0 spiro atoms. The van der Waals surface area contributed by atoms with Crippen LogP contribution in [0.3, 0.4) is 0 Å². The van der Waals surface area contributed by atoms with E-state index in [4.69, 9.17) is 10.5 Å². The van der Waals surface area contributed by atoms with E-state index in [0.29, 0.717) is 32.6 Å². The van der Waals surface area contributed by atoms with Gasteiger partial charge in [0.25, 0.3) is 0 Å². The highest BCUT2D eigenvalue weighted by Crippen LogP contribution is 2.18. The maximum absolute atomic E-state index is 12.1. The number of aryl methyl sites for hydroxylation is 1. The molecule has 2 heterocycles. The van der Waals surface area contributed by atoms with Crippen molar-refractivity contribution in [1.29, 1.82) is 0 Å². The molecule has 0 unspecified atom stereocenters. The summed E-state index contributed by atoms with van der Waals surface area (Å²) in [5.74, 6) is -0.100. The third-order valence-electron chi connectivity index (χ3n) is 3.17. The first-order valence-corrected chi connectivity index (χ1v) is 7.10. The summed E-state index contributed by atoms with van der Waals surface area (Å²) in [7, 11) is 0. The summed E-state index contributed by atoms with van der Waals surface area (Å²) < 4.78 is 5.23. The lowest BCUT2D eigenvalue weighted by molar-refractivity contribution is -0.129. The number of hydrogen-bond acceptors (Lipinski definition) is 5. The molecule has 1 saturated heterocycles. The van der Waals surface area contributed by atoms with Gasteiger partial charge in [-0.15, -0.1) is 36.2 Å². The monoisotopic (exact) mass is 341 g/mol. The lowest BCUT2D eigenvalue weighted by Crippen LogP contribution is -2.56. The molecule has 3 N–H and O–H groups in total. The molecule has 0 atom stereocenters. The number of halogens is 2. The summed E-state index contributed by atoms with van der Waals surface area (Å²) in [4.78, 5) is 16.5. The second-order valence-corrected chi connectivity index (χ2v) is 5.48. The lowest BCUT2D eigenvalue weighted by atomic mass is 9.90. The largest absolute Gasteiger partial charge is 0.381 e. The van der Waals surface area contributed by atoms with Crippen LogP contribution in [-0.4, -0.2) is 29.6 Å². The lowest BCUT2D eigenvalue weighted by Gasteiger charge is -2.31. The van der Waals surface area contributed by atoms with Gasteiger partial charge in [0.05, 0.1) is 22.8 Å². The molecule has 20 heavy (non-hydrogen) atoms. The van der Waals surface area contributed by atoms with E-state index in [9.17, 15) is 4.79 Å². The number of nitrogens with two attached hydrogens (primary N) is 1. The standard InChI is InChI=1S/C12H19N3O2S.2ClH/c1-2-10-15-9(8-18-10)7-14-11(16)12(13)3-5-17-6-4-12;;/h8H,2-7,13H2,1H3,(H,14,16);2*1H. The number of hydrogen-bond donors (Lipinski definition) is 2. The second-order valence-electron chi connectivity index (χ2n) is 4.54. The average Bonchev–Trinajstić information content (AvgIpc) is 2.84. The molecule has 0 radical (unpaired) electrons. The van der Waals surface area contributed by atoms with Crippen molar-refractivity contribution in [2.75, 3.05) is 13.2 Å². The molecule has 116 valence electrons.